The molecule has 0 aromatic heterocycles. The summed E-state index contributed by atoms with van der Waals surface area (Å²) in [6.45, 7) is 2.08. The zero-order valence-corrected chi connectivity index (χ0v) is 12.5. The van der Waals surface area contributed by atoms with E-state index in [-0.39, 0.29) is 10.6 Å². The number of rotatable bonds is 5. The van der Waals surface area contributed by atoms with Gasteiger partial charge in [0.2, 0.25) is 10.0 Å². The molecule has 0 bridgehead atoms. The number of phenols is 1. The summed E-state index contributed by atoms with van der Waals surface area (Å²) >= 11 is 1.30. The van der Waals surface area contributed by atoms with Crippen LogP contribution in [0.5, 0.6) is 5.75 Å². The largest absolute Gasteiger partial charge is 0.508 e. The number of hydrogen-bond donors (Lipinski definition) is 2. The van der Waals surface area contributed by atoms with Gasteiger partial charge < -0.3 is 5.11 Å². The van der Waals surface area contributed by atoms with Crippen LogP contribution >= 0.6 is 11.8 Å². The van der Waals surface area contributed by atoms with Gasteiger partial charge in [-0.1, -0.05) is 36.9 Å². The average Bonchev–Trinajstić information content (AvgIpc) is 2.39. The molecule has 20 heavy (non-hydrogen) atoms. The van der Waals surface area contributed by atoms with Crippen LogP contribution in [0.25, 0.3) is 0 Å². The number of benzene rings is 2. The van der Waals surface area contributed by atoms with E-state index in [4.69, 9.17) is 0 Å². The monoisotopic (exact) mass is 309 g/mol. The third kappa shape index (κ3) is 3.53. The maximum atomic E-state index is 12.1. The van der Waals surface area contributed by atoms with Gasteiger partial charge >= 0.3 is 0 Å². The maximum absolute atomic E-state index is 12.1. The summed E-state index contributed by atoms with van der Waals surface area (Å²) in [5, 5.41) is 9.46. The zero-order chi connectivity index (χ0) is 14.6. The summed E-state index contributed by atoms with van der Waals surface area (Å²) in [4.78, 5) is 1.65. The highest BCUT2D eigenvalue weighted by molar-refractivity contribution is 8.00. The number of nitrogens with one attached hydrogen (secondary N) is 1. The zero-order valence-electron chi connectivity index (χ0n) is 10.9. The van der Waals surface area contributed by atoms with Crippen molar-refractivity contribution in [2.24, 2.45) is 0 Å². The maximum Gasteiger partial charge on any atom is 0.241 e. The molecule has 2 N–H and O–H groups in total. The van der Waals surface area contributed by atoms with E-state index in [9.17, 15) is 13.5 Å². The molecule has 0 aliphatic rings. The molecule has 4 nitrogen and oxygen atoms in total. The van der Waals surface area contributed by atoms with E-state index in [2.05, 4.69) is 4.72 Å². The Morgan fingerprint density at radius 2 is 1.90 bits per heavy atom. The second-order valence-corrected chi connectivity index (χ2v) is 6.90. The fraction of sp³-hybridized carbons (Fsp3) is 0.143. The van der Waals surface area contributed by atoms with Gasteiger partial charge in [0.05, 0.1) is 4.90 Å². The minimum Gasteiger partial charge on any atom is -0.508 e. The summed E-state index contributed by atoms with van der Waals surface area (Å²) in [7, 11) is -3.50. The molecule has 2 rings (SSSR count). The number of aromatic hydroxyl groups is 1. The molecule has 106 valence electrons. The van der Waals surface area contributed by atoms with Crippen LogP contribution in [0.15, 0.2) is 63.2 Å². The quantitative estimate of drug-likeness (QED) is 0.891. The first-order valence-corrected chi connectivity index (χ1v) is 8.38. The van der Waals surface area contributed by atoms with E-state index >= 15 is 0 Å². The Morgan fingerprint density at radius 1 is 1.15 bits per heavy atom. The van der Waals surface area contributed by atoms with Crippen molar-refractivity contribution in [3.05, 3.63) is 48.5 Å². The SMILES string of the molecule is CCNS(=O)(=O)c1ccccc1Sc1cccc(O)c1. The predicted octanol–water partition coefficient (Wildman–Crippen LogP) is 2.84. The lowest BCUT2D eigenvalue weighted by Crippen LogP contribution is -2.23. The second kappa shape index (κ2) is 6.30. The van der Waals surface area contributed by atoms with Gasteiger partial charge in [-0.3, -0.25) is 0 Å². The highest BCUT2D eigenvalue weighted by Gasteiger charge is 2.17. The van der Waals surface area contributed by atoms with Crippen molar-refractivity contribution in [2.45, 2.75) is 21.6 Å². The van der Waals surface area contributed by atoms with Crippen LogP contribution in [0, 0.1) is 0 Å². The van der Waals surface area contributed by atoms with E-state index in [0.29, 0.717) is 11.4 Å². The Kier molecular flexibility index (Phi) is 4.69. The van der Waals surface area contributed by atoms with Crippen LogP contribution in [0.4, 0.5) is 0 Å². The van der Waals surface area contributed by atoms with Crippen molar-refractivity contribution in [3.8, 4) is 5.75 Å². The van der Waals surface area contributed by atoms with Crippen molar-refractivity contribution < 1.29 is 13.5 Å². The molecule has 0 aliphatic carbocycles. The lowest BCUT2D eigenvalue weighted by atomic mass is 10.3. The molecule has 2 aromatic rings. The van der Waals surface area contributed by atoms with Gasteiger partial charge in [-0.05, 0) is 30.3 Å². The highest BCUT2D eigenvalue weighted by Crippen LogP contribution is 2.33. The standard InChI is InChI=1S/C14H15NO3S2/c1-2-15-20(17,18)14-9-4-3-8-13(14)19-12-7-5-6-11(16)10-12/h3-10,15-16H,2H2,1H3. The van der Waals surface area contributed by atoms with Crippen molar-refractivity contribution in [1.29, 1.82) is 0 Å². The number of sulfonamides is 1. The highest BCUT2D eigenvalue weighted by atomic mass is 32.2. The van der Waals surface area contributed by atoms with Gasteiger partial charge in [-0.15, -0.1) is 0 Å². The first kappa shape index (κ1) is 14.9. The number of phenolic OH excluding ortho intramolecular Hbond substituents is 1. The van der Waals surface area contributed by atoms with Crippen LogP contribution in [0.2, 0.25) is 0 Å². The molecule has 0 saturated heterocycles. The third-order valence-electron chi connectivity index (χ3n) is 2.52. The molecule has 0 spiro atoms. The molecule has 0 amide bonds. The molecule has 0 unspecified atom stereocenters. The Balaban J connectivity index is 2.38. The van der Waals surface area contributed by atoms with Gasteiger partial charge in [0, 0.05) is 16.3 Å². The van der Waals surface area contributed by atoms with E-state index in [1.807, 2.05) is 6.07 Å². The lowest BCUT2D eigenvalue weighted by molar-refractivity contribution is 0.474. The minimum atomic E-state index is -3.50. The first-order valence-electron chi connectivity index (χ1n) is 6.08. The first-order chi connectivity index (χ1) is 9.53. The second-order valence-electron chi connectivity index (χ2n) is 4.05. The van der Waals surface area contributed by atoms with Gasteiger partial charge in [-0.25, -0.2) is 13.1 Å². The molecule has 6 heteroatoms. The summed E-state index contributed by atoms with van der Waals surface area (Å²) in [5.41, 5.74) is 0. The van der Waals surface area contributed by atoms with Gasteiger partial charge in [0.1, 0.15) is 5.75 Å². The topological polar surface area (TPSA) is 66.4 Å². The van der Waals surface area contributed by atoms with E-state index in [1.165, 1.54) is 11.8 Å². The molecule has 0 radical (unpaired) electrons. The summed E-state index contributed by atoms with van der Waals surface area (Å²) in [6.07, 6.45) is 0. The van der Waals surface area contributed by atoms with Crippen LogP contribution in [0.3, 0.4) is 0 Å². The average molecular weight is 309 g/mol. The molecule has 2 aromatic carbocycles. The van der Waals surface area contributed by atoms with Crippen molar-refractivity contribution >= 4 is 21.8 Å². The fourth-order valence-electron chi connectivity index (χ4n) is 1.70. The van der Waals surface area contributed by atoms with Gasteiger partial charge in [0.25, 0.3) is 0 Å². The Labute approximate surface area is 122 Å². The van der Waals surface area contributed by atoms with Gasteiger partial charge in [-0.2, -0.15) is 0 Å². The smallest absolute Gasteiger partial charge is 0.241 e. The summed E-state index contributed by atoms with van der Waals surface area (Å²) in [6, 6.07) is 13.5. The molecular formula is C14H15NO3S2. The van der Waals surface area contributed by atoms with E-state index in [0.717, 1.165) is 4.90 Å². The number of hydrogen-bond acceptors (Lipinski definition) is 4. The molecule has 0 heterocycles. The Hall–Kier alpha value is -1.50. The Bertz CT molecular complexity index is 699. The van der Waals surface area contributed by atoms with E-state index in [1.54, 1.807) is 49.4 Å². The van der Waals surface area contributed by atoms with Crippen molar-refractivity contribution in [1.82, 2.24) is 4.72 Å². The third-order valence-corrected chi connectivity index (χ3v) is 5.32. The van der Waals surface area contributed by atoms with Crippen LogP contribution in [-0.2, 0) is 10.0 Å². The van der Waals surface area contributed by atoms with Crippen molar-refractivity contribution in [3.63, 3.8) is 0 Å². The van der Waals surface area contributed by atoms with Crippen LogP contribution in [0.1, 0.15) is 6.92 Å². The lowest BCUT2D eigenvalue weighted by Gasteiger charge is -2.10. The fourth-order valence-corrected chi connectivity index (χ4v) is 4.17. The predicted molar refractivity (Wildman–Crippen MR) is 79.5 cm³/mol. The minimum absolute atomic E-state index is 0.155. The summed E-state index contributed by atoms with van der Waals surface area (Å²) in [5.74, 6) is 0.155. The van der Waals surface area contributed by atoms with Crippen LogP contribution in [-0.4, -0.2) is 20.1 Å². The van der Waals surface area contributed by atoms with Crippen molar-refractivity contribution in [2.75, 3.05) is 6.54 Å². The van der Waals surface area contributed by atoms with E-state index < -0.39 is 10.0 Å². The molecular weight excluding hydrogens is 294 g/mol. The summed E-state index contributed by atoms with van der Waals surface area (Å²) < 4.78 is 26.8. The molecule has 0 aliphatic heterocycles. The van der Waals surface area contributed by atoms with Crippen LogP contribution < -0.4 is 4.72 Å². The molecule has 0 fully saturated rings. The molecule has 0 atom stereocenters. The molecule has 0 saturated carbocycles. The Morgan fingerprint density at radius 3 is 2.60 bits per heavy atom. The van der Waals surface area contributed by atoms with Gasteiger partial charge in [0.15, 0.2) is 0 Å². The normalized spacial score (nSPS) is 11.4.